The van der Waals surface area contributed by atoms with E-state index in [-0.39, 0.29) is 5.16 Å². The number of nitrogens with zero attached hydrogens (tertiary/aromatic N) is 2. The molecule has 2 aromatic heterocycles. The summed E-state index contributed by atoms with van der Waals surface area (Å²) in [6, 6.07) is 11.9. The molecule has 0 aliphatic rings. The van der Waals surface area contributed by atoms with Crippen LogP contribution in [0.25, 0.3) is 0 Å². The Balaban J connectivity index is 2.44. The fourth-order valence-electron chi connectivity index (χ4n) is 1.47. The Labute approximate surface area is 92.0 Å². The Hall–Kier alpha value is -1.27. The first kappa shape index (κ1) is 10.3. The van der Waals surface area contributed by atoms with Crippen LogP contribution in [0.1, 0.15) is 18.3 Å². The maximum atomic E-state index is 4.37. The highest BCUT2D eigenvalue weighted by Gasteiger charge is 2.25. The zero-order valence-electron chi connectivity index (χ0n) is 8.59. The highest BCUT2D eigenvalue weighted by molar-refractivity contribution is 7.18. The summed E-state index contributed by atoms with van der Waals surface area (Å²) >= 11 is 0. The third-order valence-corrected chi connectivity index (χ3v) is 2.99. The van der Waals surface area contributed by atoms with Gasteiger partial charge in [-0.3, -0.25) is 9.97 Å². The van der Waals surface area contributed by atoms with E-state index < -0.39 is 0 Å². The largest absolute Gasteiger partial charge is 0.260 e. The molecular weight excluding hydrogens is 203 g/mol. The van der Waals surface area contributed by atoms with Crippen molar-refractivity contribution in [3.63, 3.8) is 0 Å². The Bertz CT molecular complexity index is 384. The summed E-state index contributed by atoms with van der Waals surface area (Å²) < 4.78 is 0. The smallest absolute Gasteiger partial charge is 0.0659 e. The van der Waals surface area contributed by atoms with Gasteiger partial charge in [-0.1, -0.05) is 12.1 Å². The van der Waals surface area contributed by atoms with E-state index in [2.05, 4.69) is 26.1 Å². The molecule has 2 heterocycles. The van der Waals surface area contributed by atoms with Gasteiger partial charge in [0.1, 0.15) is 0 Å². The van der Waals surface area contributed by atoms with Crippen LogP contribution in [-0.4, -0.2) is 9.97 Å². The van der Waals surface area contributed by atoms with Crippen molar-refractivity contribution in [2.24, 2.45) is 0 Å². The number of hydrogen-bond acceptors (Lipinski definition) is 2. The van der Waals surface area contributed by atoms with E-state index in [9.17, 15) is 0 Å². The second kappa shape index (κ2) is 4.08. The summed E-state index contributed by atoms with van der Waals surface area (Å²) in [6.45, 7) is 2.10. The Morgan fingerprint density at radius 2 is 1.40 bits per heavy atom. The number of aromatic nitrogens is 2. The Kier molecular flexibility index (Phi) is 2.79. The van der Waals surface area contributed by atoms with Crippen LogP contribution < -0.4 is 0 Å². The average Bonchev–Trinajstić information content (AvgIpc) is 2.31. The van der Waals surface area contributed by atoms with Crippen LogP contribution in [-0.2, 0) is 5.16 Å². The third-order valence-electron chi connectivity index (χ3n) is 2.39. The topological polar surface area (TPSA) is 25.8 Å². The van der Waals surface area contributed by atoms with Gasteiger partial charge in [-0.25, -0.2) is 0 Å². The minimum atomic E-state index is -0.220. The number of pyridine rings is 2. The van der Waals surface area contributed by atoms with E-state index in [1.165, 1.54) is 0 Å². The fraction of sp³-hybridized carbons (Fsp3) is 0.167. The summed E-state index contributed by atoms with van der Waals surface area (Å²) in [5.74, 6) is 0. The van der Waals surface area contributed by atoms with Crippen LogP contribution in [0.4, 0.5) is 0 Å². The van der Waals surface area contributed by atoms with Gasteiger partial charge in [0.2, 0.25) is 0 Å². The number of hydrogen-bond donors (Lipinski definition) is 0. The zero-order chi connectivity index (χ0) is 10.7. The van der Waals surface area contributed by atoms with Crippen LogP contribution in [0.5, 0.6) is 0 Å². The van der Waals surface area contributed by atoms with Crippen LogP contribution in [0.3, 0.4) is 0 Å². The first-order chi connectivity index (χ1) is 7.21. The Morgan fingerprint density at radius 1 is 0.933 bits per heavy atom. The molecule has 0 spiro atoms. The molecule has 0 aliphatic carbocycles. The van der Waals surface area contributed by atoms with E-state index in [4.69, 9.17) is 0 Å². The van der Waals surface area contributed by atoms with Gasteiger partial charge >= 0.3 is 0 Å². The maximum Gasteiger partial charge on any atom is 0.0659 e. The molecule has 0 bridgehead atoms. The molecule has 0 fully saturated rings. The first-order valence-electron chi connectivity index (χ1n) is 4.83. The summed E-state index contributed by atoms with van der Waals surface area (Å²) in [7, 11) is 2.82. The number of rotatable bonds is 2. The van der Waals surface area contributed by atoms with Crippen molar-refractivity contribution in [1.29, 1.82) is 0 Å². The van der Waals surface area contributed by atoms with E-state index in [0.717, 1.165) is 11.4 Å². The molecule has 1 atom stereocenters. The summed E-state index contributed by atoms with van der Waals surface area (Å²) in [6.07, 6.45) is 3.61. The Morgan fingerprint density at radius 3 is 1.73 bits per heavy atom. The van der Waals surface area contributed by atoms with Gasteiger partial charge in [0.05, 0.1) is 16.5 Å². The summed E-state index contributed by atoms with van der Waals surface area (Å²) in [5, 5.41) is -0.220. The highest BCUT2D eigenvalue weighted by Crippen LogP contribution is 2.35. The van der Waals surface area contributed by atoms with Crippen molar-refractivity contribution in [3.8, 4) is 0 Å². The molecule has 0 aromatic carbocycles. The van der Waals surface area contributed by atoms with Crippen LogP contribution in [0, 0.1) is 0 Å². The van der Waals surface area contributed by atoms with Crippen molar-refractivity contribution in [1.82, 2.24) is 9.97 Å². The van der Waals surface area contributed by atoms with Crippen LogP contribution in [0.15, 0.2) is 48.8 Å². The predicted octanol–water partition coefficient (Wildman–Crippen LogP) is 2.62. The standard InChI is InChI=1S/C12H13N2P/c1-12(15,10-6-2-4-8-13-10)11-7-3-5-9-14-11/h2-9H,15H2,1H3. The normalized spacial score (nSPS) is 11.3. The molecule has 0 amide bonds. The van der Waals surface area contributed by atoms with Gasteiger partial charge in [-0.2, -0.15) is 0 Å². The molecule has 1 unspecified atom stereocenters. The van der Waals surface area contributed by atoms with Gasteiger partial charge in [-0.05, 0) is 31.2 Å². The second-order valence-electron chi connectivity index (χ2n) is 3.63. The fourth-order valence-corrected chi connectivity index (χ4v) is 1.81. The quantitative estimate of drug-likeness (QED) is 0.721. The van der Waals surface area contributed by atoms with Crippen molar-refractivity contribution in [2.45, 2.75) is 12.1 Å². The van der Waals surface area contributed by atoms with E-state index in [1.54, 1.807) is 12.4 Å². The molecule has 0 aliphatic heterocycles. The SMILES string of the molecule is CC(P)(c1ccccn1)c1ccccn1. The van der Waals surface area contributed by atoms with Crippen LogP contribution in [0.2, 0.25) is 0 Å². The molecule has 76 valence electrons. The molecule has 2 rings (SSSR count). The van der Waals surface area contributed by atoms with Crippen molar-refractivity contribution >= 4 is 9.24 Å². The molecule has 0 saturated heterocycles. The van der Waals surface area contributed by atoms with Gasteiger partial charge in [0, 0.05) is 12.4 Å². The molecule has 0 saturated carbocycles. The van der Waals surface area contributed by atoms with Crippen molar-refractivity contribution in [3.05, 3.63) is 60.2 Å². The zero-order valence-corrected chi connectivity index (χ0v) is 9.75. The third kappa shape index (κ3) is 2.05. The summed E-state index contributed by atoms with van der Waals surface area (Å²) in [4.78, 5) is 8.73. The monoisotopic (exact) mass is 216 g/mol. The van der Waals surface area contributed by atoms with Gasteiger partial charge < -0.3 is 0 Å². The lowest BCUT2D eigenvalue weighted by Gasteiger charge is -2.22. The molecule has 0 radical (unpaired) electrons. The maximum absolute atomic E-state index is 4.37. The molecule has 0 N–H and O–H groups in total. The van der Waals surface area contributed by atoms with Gasteiger partial charge in [0.15, 0.2) is 0 Å². The second-order valence-corrected chi connectivity index (χ2v) is 4.79. The molecule has 3 heteroatoms. The highest BCUT2D eigenvalue weighted by atomic mass is 31.0. The van der Waals surface area contributed by atoms with Gasteiger partial charge in [0.25, 0.3) is 0 Å². The van der Waals surface area contributed by atoms with E-state index in [0.29, 0.717) is 0 Å². The molecule has 2 nitrogen and oxygen atoms in total. The minimum Gasteiger partial charge on any atom is -0.260 e. The lowest BCUT2D eigenvalue weighted by atomic mass is 10.0. The van der Waals surface area contributed by atoms with Gasteiger partial charge in [-0.15, -0.1) is 9.24 Å². The van der Waals surface area contributed by atoms with E-state index in [1.807, 2.05) is 36.4 Å². The lowest BCUT2D eigenvalue weighted by Crippen LogP contribution is -2.17. The van der Waals surface area contributed by atoms with Crippen LogP contribution >= 0.6 is 9.24 Å². The van der Waals surface area contributed by atoms with E-state index >= 15 is 0 Å². The molecular formula is C12H13N2P. The lowest BCUT2D eigenvalue weighted by molar-refractivity contribution is 0.764. The first-order valence-corrected chi connectivity index (χ1v) is 5.41. The van der Waals surface area contributed by atoms with Crippen molar-refractivity contribution < 1.29 is 0 Å². The van der Waals surface area contributed by atoms with Crippen molar-refractivity contribution in [2.75, 3.05) is 0 Å². The predicted molar refractivity (Wildman–Crippen MR) is 64.6 cm³/mol. The molecule has 2 aromatic rings. The summed E-state index contributed by atoms with van der Waals surface area (Å²) in [5.41, 5.74) is 2.02. The molecule has 15 heavy (non-hydrogen) atoms. The minimum absolute atomic E-state index is 0.220. The average molecular weight is 216 g/mol.